The van der Waals surface area contributed by atoms with Crippen LogP contribution in [-0.2, 0) is 12.8 Å². The average molecular weight is 631 g/mol. The molecule has 46 heavy (non-hydrogen) atoms. The van der Waals surface area contributed by atoms with E-state index in [1.807, 2.05) is 24.3 Å². The van der Waals surface area contributed by atoms with E-state index in [4.69, 9.17) is 37.9 Å². The van der Waals surface area contributed by atoms with E-state index in [0.717, 1.165) is 11.1 Å². The Balaban J connectivity index is 1.79. The van der Waals surface area contributed by atoms with Crippen LogP contribution in [0.4, 0.5) is 0 Å². The van der Waals surface area contributed by atoms with Crippen LogP contribution >= 0.6 is 0 Å². The molecule has 0 atom stereocenters. The molecule has 0 radical (unpaired) electrons. The molecule has 0 aliphatic carbocycles. The van der Waals surface area contributed by atoms with Gasteiger partial charge in [-0.3, -0.25) is 9.59 Å². The molecule has 0 unspecified atom stereocenters. The van der Waals surface area contributed by atoms with Gasteiger partial charge >= 0.3 is 0 Å². The van der Waals surface area contributed by atoms with Gasteiger partial charge in [-0.15, -0.1) is 0 Å². The minimum absolute atomic E-state index is 0.0582. The number of benzene rings is 4. The number of carbonyl (C=O) groups excluding carboxylic acids is 2. The van der Waals surface area contributed by atoms with E-state index in [2.05, 4.69) is 0 Å². The summed E-state index contributed by atoms with van der Waals surface area (Å²) in [6.45, 7) is 0. The number of aryl methyl sites for hydroxylation is 2. The lowest BCUT2D eigenvalue weighted by atomic mass is 9.93. The second kappa shape index (κ2) is 15.1. The molecule has 4 aromatic rings. The number of methoxy groups -OCH3 is 8. The first-order valence-corrected chi connectivity index (χ1v) is 14.3. The number of hydrogen-bond donors (Lipinski definition) is 0. The number of carbonyl (C=O) groups is 2. The first-order chi connectivity index (χ1) is 22.3. The lowest BCUT2D eigenvalue weighted by Gasteiger charge is -2.19. The zero-order valence-electron chi connectivity index (χ0n) is 27.3. The third-order valence-electron chi connectivity index (χ3n) is 7.64. The van der Waals surface area contributed by atoms with E-state index >= 15 is 0 Å². The first-order valence-electron chi connectivity index (χ1n) is 14.3. The molecule has 0 aliphatic heterocycles. The van der Waals surface area contributed by atoms with Crippen molar-refractivity contribution in [1.29, 1.82) is 0 Å². The zero-order chi connectivity index (χ0) is 33.4. The van der Waals surface area contributed by atoms with Crippen molar-refractivity contribution < 1.29 is 47.5 Å². The summed E-state index contributed by atoms with van der Waals surface area (Å²) in [6, 6.07) is 17.2. The van der Waals surface area contributed by atoms with E-state index in [-0.39, 0.29) is 16.9 Å². The summed E-state index contributed by atoms with van der Waals surface area (Å²) < 4.78 is 44.2. The topological polar surface area (TPSA) is 108 Å². The number of Topliss-reactive ketones (excluding diaryl/α,β-unsaturated/α-hetero) is 2. The Kier molecular flexibility index (Phi) is 11.0. The maximum Gasteiger partial charge on any atom is 0.237 e. The summed E-state index contributed by atoms with van der Waals surface area (Å²) in [7, 11) is 12.2. The number of hydrogen-bond acceptors (Lipinski definition) is 10. The summed E-state index contributed by atoms with van der Waals surface area (Å²) in [5.41, 5.74) is 3.29. The van der Waals surface area contributed by atoms with Crippen molar-refractivity contribution >= 4 is 11.6 Å². The van der Waals surface area contributed by atoms with Crippen molar-refractivity contribution in [2.45, 2.75) is 12.8 Å². The lowest BCUT2D eigenvalue weighted by Crippen LogP contribution is -2.16. The highest BCUT2D eigenvalue weighted by atomic mass is 16.5. The molecule has 0 bridgehead atoms. The Morgan fingerprint density at radius 1 is 0.435 bits per heavy atom. The van der Waals surface area contributed by atoms with Gasteiger partial charge in [0.05, 0.1) is 62.4 Å². The van der Waals surface area contributed by atoms with E-state index in [9.17, 15) is 9.59 Å². The second-order valence-electron chi connectivity index (χ2n) is 10.0. The maximum atomic E-state index is 13.7. The highest BCUT2D eigenvalue weighted by Crippen LogP contribution is 2.43. The van der Waals surface area contributed by atoms with Crippen LogP contribution in [0.25, 0.3) is 11.1 Å². The molecule has 4 rings (SSSR count). The van der Waals surface area contributed by atoms with Crippen LogP contribution < -0.4 is 37.9 Å². The van der Waals surface area contributed by atoms with Gasteiger partial charge in [0.1, 0.15) is 23.0 Å². The van der Waals surface area contributed by atoms with Crippen LogP contribution in [0.5, 0.6) is 46.0 Å². The van der Waals surface area contributed by atoms with Gasteiger partial charge in [-0.1, -0.05) is 6.07 Å². The molecule has 0 spiro atoms. The average Bonchev–Trinajstić information content (AvgIpc) is 3.11. The predicted octanol–water partition coefficient (Wildman–Crippen LogP) is 6.27. The standard InChI is InChI=1S/C36H38O10/c1-39-27-13-10-21(15-33(27)45-7)9-11-22-16-24(30(42-4)19-29(22)41-3)25-18-26(32(44-6)20-31(25)43-5)36(38)35(37)23-12-14-28(40-2)34(17-23)46-8/h10,12-20H,9,11H2,1-8H3. The fourth-order valence-electron chi connectivity index (χ4n) is 5.20. The van der Waals surface area contributed by atoms with Crippen molar-refractivity contribution in [3.8, 4) is 57.1 Å². The Hall–Kier alpha value is -5.38. The van der Waals surface area contributed by atoms with Crippen molar-refractivity contribution in [3.05, 3.63) is 82.9 Å². The van der Waals surface area contributed by atoms with E-state index < -0.39 is 11.6 Å². The molecule has 0 fully saturated rings. The van der Waals surface area contributed by atoms with Crippen LogP contribution in [0.1, 0.15) is 31.8 Å². The van der Waals surface area contributed by atoms with Gasteiger partial charge < -0.3 is 37.9 Å². The molecule has 0 saturated carbocycles. The molecule has 0 aliphatic rings. The maximum absolute atomic E-state index is 13.7. The monoisotopic (exact) mass is 630 g/mol. The normalized spacial score (nSPS) is 10.5. The molecule has 4 aromatic carbocycles. The quantitative estimate of drug-likeness (QED) is 0.110. The smallest absolute Gasteiger partial charge is 0.237 e. The summed E-state index contributed by atoms with van der Waals surface area (Å²) in [5, 5.41) is 0. The van der Waals surface area contributed by atoms with Crippen molar-refractivity contribution in [1.82, 2.24) is 0 Å². The number of ketones is 2. The molecule has 0 amide bonds. The molecule has 0 aromatic heterocycles. The summed E-state index contributed by atoms with van der Waals surface area (Å²) in [5.74, 6) is 2.26. The Morgan fingerprint density at radius 2 is 0.935 bits per heavy atom. The molecular formula is C36H38O10. The van der Waals surface area contributed by atoms with Crippen molar-refractivity contribution in [2.24, 2.45) is 0 Å². The number of ether oxygens (including phenoxy) is 8. The minimum Gasteiger partial charge on any atom is -0.496 e. The van der Waals surface area contributed by atoms with Crippen LogP contribution in [0, 0.1) is 0 Å². The Morgan fingerprint density at radius 3 is 1.50 bits per heavy atom. The summed E-state index contributed by atoms with van der Waals surface area (Å²) in [4.78, 5) is 27.2. The van der Waals surface area contributed by atoms with Gasteiger partial charge in [-0.2, -0.15) is 0 Å². The molecule has 242 valence electrons. The minimum atomic E-state index is -0.769. The highest BCUT2D eigenvalue weighted by Gasteiger charge is 2.27. The van der Waals surface area contributed by atoms with Crippen LogP contribution in [0.15, 0.2) is 60.7 Å². The van der Waals surface area contributed by atoms with E-state index in [1.165, 1.54) is 40.6 Å². The fraction of sp³-hybridized carbons (Fsp3) is 0.278. The van der Waals surface area contributed by atoms with Gasteiger partial charge in [-0.05, 0) is 66.4 Å². The Labute approximate surface area is 268 Å². The Bertz CT molecular complexity index is 1730. The van der Waals surface area contributed by atoms with Crippen LogP contribution in [0.3, 0.4) is 0 Å². The van der Waals surface area contributed by atoms with Gasteiger partial charge in [0.2, 0.25) is 11.6 Å². The third-order valence-corrected chi connectivity index (χ3v) is 7.64. The first kappa shape index (κ1) is 33.5. The van der Waals surface area contributed by atoms with Crippen LogP contribution in [-0.4, -0.2) is 68.4 Å². The van der Waals surface area contributed by atoms with Gasteiger partial charge in [-0.25, -0.2) is 0 Å². The van der Waals surface area contributed by atoms with E-state index in [0.29, 0.717) is 64.2 Å². The van der Waals surface area contributed by atoms with E-state index in [1.54, 1.807) is 52.7 Å². The van der Waals surface area contributed by atoms with Crippen LogP contribution in [0.2, 0.25) is 0 Å². The largest absolute Gasteiger partial charge is 0.496 e. The molecule has 10 nitrogen and oxygen atoms in total. The second-order valence-corrected chi connectivity index (χ2v) is 10.0. The summed E-state index contributed by atoms with van der Waals surface area (Å²) >= 11 is 0. The molecule has 0 saturated heterocycles. The predicted molar refractivity (Wildman–Crippen MR) is 173 cm³/mol. The van der Waals surface area contributed by atoms with Crippen molar-refractivity contribution in [3.63, 3.8) is 0 Å². The lowest BCUT2D eigenvalue weighted by molar-refractivity contribution is 0.0815. The summed E-state index contributed by atoms with van der Waals surface area (Å²) in [6.07, 6.45) is 1.28. The fourth-order valence-corrected chi connectivity index (χ4v) is 5.20. The van der Waals surface area contributed by atoms with Gasteiger partial charge in [0.25, 0.3) is 0 Å². The highest BCUT2D eigenvalue weighted by molar-refractivity contribution is 6.50. The van der Waals surface area contributed by atoms with Gasteiger partial charge in [0, 0.05) is 28.8 Å². The molecular weight excluding hydrogens is 592 g/mol. The SMILES string of the molecule is COc1cc(OC)c(-c2cc(C(=O)C(=O)c3ccc(OC)c(OC)c3)c(OC)cc2OC)cc1CCc1ccc(OC)c(OC)c1. The molecule has 10 heteroatoms. The zero-order valence-corrected chi connectivity index (χ0v) is 27.3. The molecule has 0 heterocycles. The molecule has 0 N–H and O–H groups in total. The van der Waals surface area contributed by atoms with Gasteiger partial charge in [0.15, 0.2) is 23.0 Å². The van der Waals surface area contributed by atoms with Crippen molar-refractivity contribution in [2.75, 3.05) is 56.9 Å². The third kappa shape index (κ3) is 6.81. The number of rotatable bonds is 15.